The second-order valence-corrected chi connectivity index (χ2v) is 5.63. The molecule has 108 valence electrons. The van der Waals surface area contributed by atoms with Crippen LogP contribution in [0.5, 0.6) is 5.75 Å². The van der Waals surface area contributed by atoms with E-state index in [9.17, 15) is 0 Å². The van der Waals surface area contributed by atoms with Crippen molar-refractivity contribution < 1.29 is 4.74 Å². The first-order valence-electron chi connectivity index (χ1n) is 6.72. The molecular weight excluding hydrogens is 270 g/mol. The van der Waals surface area contributed by atoms with Crippen molar-refractivity contribution >= 4 is 22.2 Å². The van der Waals surface area contributed by atoms with E-state index in [4.69, 9.17) is 4.74 Å². The van der Waals surface area contributed by atoms with Crippen LogP contribution in [0.15, 0.2) is 30.5 Å². The number of nitrogens with zero attached hydrogens (tertiary/aromatic N) is 2. The average molecular weight is 291 g/mol. The number of anilines is 2. The molecule has 1 atom stereocenters. The van der Waals surface area contributed by atoms with E-state index in [1.54, 1.807) is 18.4 Å². The topological polar surface area (TPSA) is 37.4 Å². The summed E-state index contributed by atoms with van der Waals surface area (Å²) in [4.78, 5) is 7.84. The third-order valence-electron chi connectivity index (χ3n) is 3.18. The molecule has 1 heterocycles. The van der Waals surface area contributed by atoms with Gasteiger partial charge < -0.3 is 15.0 Å². The Balaban J connectivity index is 2.18. The minimum absolute atomic E-state index is 0.338. The first-order valence-corrected chi connectivity index (χ1v) is 7.54. The average Bonchev–Trinajstić information content (AvgIpc) is 2.96. The minimum atomic E-state index is 0.338. The Kier molecular flexibility index (Phi) is 4.98. The van der Waals surface area contributed by atoms with Gasteiger partial charge in [-0.15, -0.1) is 0 Å². The molecular formula is C15H21N3OS. The standard InChI is InChI=1S/C15H21N3OS/c1-5-16-11(2)14-10-17-15(20-14)18(3)12-7-6-8-13(9-12)19-4/h6-11,16H,5H2,1-4H3. The molecule has 5 heteroatoms. The molecule has 0 amide bonds. The number of methoxy groups -OCH3 is 1. The lowest BCUT2D eigenvalue weighted by molar-refractivity contribution is 0.415. The number of thiazole rings is 1. The summed E-state index contributed by atoms with van der Waals surface area (Å²) in [6.07, 6.45) is 1.95. The smallest absolute Gasteiger partial charge is 0.189 e. The molecule has 0 spiro atoms. The van der Waals surface area contributed by atoms with Crippen molar-refractivity contribution in [2.24, 2.45) is 0 Å². The van der Waals surface area contributed by atoms with E-state index in [1.165, 1.54) is 4.88 Å². The molecule has 0 radical (unpaired) electrons. The Hall–Kier alpha value is -1.59. The second-order valence-electron chi connectivity index (χ2n) is 4.59. The van der Waals surface area contributed by atoms with Gasteiger partial charge in [-0.05, 0) is 25.6 Å². The maximum atomic E-state index is 5.26. The van der Waals surface area contributed by atoms with E-state index in [0.29, 0.717) is 6.04 Å². The first-order chi connectivity index (χ1) is 9.65. The van der Waals surface area contributed by atoms with Crippen molar-refractivity contribution in [3.8, 4) is 5.75 Å². The van der Waals surface area contributed by atoms with Crippen LogP contribution in [0.4, 0.5) is 10.8 Å². The van der Waals surface area contributed by atoms with Gasteiger partial charge in [0.25, 0.3) is 0 Å². The summed E-state index contributed by atoms with van der Waals surface area (Å²) in [5.74, 6) is 0.854. The highest BCUT2D eigenvalue weighted by Gasteiger charge is 2.13. The first kappa shape index (κ1) is 14.8. The van der Waals surface area contributed by atoms with Crippen LogP contribution in [0.2, 0.25) is 0 Å². The Morgan fingerprint density at radius 3 is 2.95 bits per heavy atom. The molecule has 0 bridgehead atoms. The van der Waals surface area contributed by atoms with Crippen molar-refractivity contribution in [1.82, 2.24) is 10.3 Å². The molecule has 2 rings (SSSR count). The number of rotatable bonds is 6. The molecule has 0 fully saturated rings. The lowest BCUT2D eigenvalue weighted by Crippen LogP contribution is -2.16. The third-order valence-corrected chi connectivity index (χ3v) is 4.43. The van der Waals surface area contributed by atoms with Gasteiger partial charge in [0, 0.05) is 35.9 Å². The Labute approximate surface area is 124 Å². The second kappa shape index (κ2) is 6.72. The summed E-state index contributed by atoms with van der Waals surface area (Å²) >= 11 is 1.71. The number of benzene rings is 1. The van der Waals surface area contributed by atoms with Gasteiger partial charge in [0.05, 0.1) is 7.11 Å². The maximum absolute atomic E-state index is 5.26. The van der Waals surface area contributed by atoms with Crippen LogP contribution in [0.25, 0.3) is 0 Å². The van der Waals surface area contributed by atoms with Gasteiger partial charge in [-0.3, -0.25) is 0 Å². The number of nitrogens with one attached hydrogen (secondary N) is 1. The van der Waals surface area contributed by atoms with E-state index < -0.39 is 0 Å². The largest absolute Gasteiger partial charge is 0.497 e. The molecule has 0 aliphatic heterocycles. The van der Waals surface area contributed by atoms with E-state index in [0.717, 1.165) is 23.1 Å². The van der Waals surface area contributed by atoms with Gasteiger partial charge >= 0.3 is 0 Å². The number of hydrogen-bond acceptors (Lipinski definition) is 5. The minimum Gasteiger partial charge on any atom is -0.497 e. The number of hydrogen-bond donors (Lipinski definition) is 1. The quantitative estimate of drug-likeness (QED) is 0.882. The molecule has 1 aromatic carbocycles. The fourth-order valence-corrected chi connectivity index (χ4v) is 2.89. The normalized spacial score (nSPS) is 12.2. The van der Waals surface area contributed by atoms with Gasteiger partial charge in [0.1, 0.15) is 5.75 Å². The highest BCUT2D eigenvalue weighted by atomic mass is 32.1. The number of ether oxygens (including phenoxy) is 1. The van der Waals surface area contributed by atoms with Crippen molar-refractivity contribution in [3.05, 3.63) is 35.3 Å². The third kappa shape index (κ3) is 3.29. The van der Waals surface area contributed by atoms with Gasteiger partial charge in [-0.1, -0.05) is 24.3 Å². The zero-order valence-electron chi connectivity index (χ0n) is 12.4. The van der Waals surface area contributed by atoms with Crippen LogP contribution in [-0.4, -0.2) is 25.7 Å². The van der Waals surface area contributed by atoms with Crippen molar-refractivity contribution in [2.75, 3.05) is 25.6 Å². The summed E-state index contributed by atoms with van der Waals surface area (Å²) in [5.41, 5.74) is 1.07. The Bertz CT molecular complexity index is 556. The van der Waals surface area contributed by atoms with Crippen LogP contribution >= 0.6 is 11.3 Å². The van der Waals surface area contributed by atoms with Crippen LogP contribution in [-0.2, 0) is 0 Å². The summed E-state index contributed by atoms with van der Waals surface area (Å²) in [6, 6.07) is 8.33. The number of aromatic nitrogens is 1. The fourth-order valence-electron chi connectivity index (χ4n) is 1.97. The lowest BCUT2D eigenvalue weighted by atomic mass is 10.3. The Morgan fingerprint density at radius 1 is 1.45 bits per heavy atom. The maximum Gasteiger partial charge on any atom is 0.189 e. The molecule has 1 unspecified atom stereocenters. The molecule has 0 saturated carbocycles. The van der Waals surface area contributed by atoms with E-state index in [-0.39, 0.29) is 0 Å². The van der Waals surface area contributed by atoms with Crippen molar-refractivity contribution in [2.45, 2.75) is 19.9 Å². The van der Waals surface area contributed by atoms with Crippen LogP contribution < -0.4 is 15.0 Å². The molecule has 2 aromatic rings. The zero-order valence-corrected chi connectivity index (χ0v) is 13.2. The van der Waals surface area contributed by atoms with Crippen molar-refractivity contribution in [1.29, 1.82) is 0 Å². The Morgan fingerprint density at radius 2 is 2.25 bits per heavy atom. The van der Waals surface area contributed by atoms with Crippen LogP contribution in [0, 0.1) is 0 Å². The van der Waals surface area contributed by atoms with Gasteiger partial charge in [0.2, 0.25) is 0 Å². The summed E-state index contributed by atoms with van der Waals surface area (Å²) in [6.45, 7) is 5.23. The fraction of sp³-hybridized carbons (Fsp3) is 0.400. The lowest BCUT2D eigenvalue weighted by Gasteiger charge is -2.16. The van der Waals surface area contributed by atoms with Gasteiger partial charge in [-0.25, -0.2) is 4.98 Å². The summed E-state index contributed by atoms with van der Waals surface area (Å²) in [7, 11) is 3.70. The highest BCUT2D eigenvalue weighted by Crippen LogP contribution is 2.32. The van der Waals surface area contributed by atoms with Gasteiger partial charge in [-0.2, -0.15) is 0 Å². The van der Waals surface area contributed by atoms with E-state index in [1.807, 2.05) is 31.4 Å². The zero-order chi connectivity index (χ0) is 14.5. The summed E-state index contributed by atoms with van der Waals surface area (Å²) < 4.78 is 5.26. The van der Waals surface area contributed by atoms with Crippen molar-refractivity contribution in [3.63, 3.8) is 0 Å². The molecule has 0 saturated heterocycles. The monoisotopic (exact) mass is 291 g/mol. The SMILES string of the molecule is CCNC(C)c1cnc(N(C)c2cccc(OC)c2)s1. The predicted molar refractivity (Wildman–Crippen MR) is 85.3 cm³/mol. The van der Waals surface area contributed by atoms with Crippen LogP contribution in [0.3, 0.4) is 0 Å². The molecule has 20 heavy (non-hydrogen) atoms. The van der Waals surface area contributed by atoms with E-state index in [2.05, 4.69) is 35.1 Å². The molecule has 0 aliphatic carbocycles. The predicted octanol–water partition coefficient (Wildman–Crippen LogP) is 3.59. The molecule has 1 N–H and O–H groups in total. The van der Waals surface area contributed by atoms with Gasteiger partial charge in [0.15, 0.2) is 5.13 Å². The molecule has 1 aromatic heterocycles. The van der Waals surface area contributed by atoms with E-state index >= 15 is 0 Å². The molecule has 4 nitrogen and oxygen atoms in total. The highest BCUT2D eigenvalue weighted by molar-refractivity contribution is 7.15. The summed E-state index contributed by atoms with van der Waals surface area (Å²) in [5, 5.41) is 4.39. The van der Waals surface area contributed by atoms with Crippen LogP contribution in [0.1, 0.15) is 24.8 Å². The molecule has 0 aliphatic rings.